The lowest BCUT2D eigenvalue weighted by Crippen LogP contribution is -2.05. The van der Waals surface area contributed by atoms with Gasteiger partial charge in [-0.2, -0.15) is 0 Å². The summed E-state index contributed by atoms with van der Waals surface area (Å²) >= 11 is 1.78. The Bertz CT molecular complexity index is 613. The highest BCUT2D eigenvalue weighted by Gasteiger charge is 1.97. The molecule has 2 aromatic heterocycles. The number of fused-ring (bicyclic) bond motifs is 1. The van der Waals surface area contributed by atoms with Crippen molar-refractivity contribution in [1.29, 1.82) is 0 Å². The molecule has 0 aliphatic carbocycles. The van der Waals surface area contributed by atoms with Crippen molar-refractivity contribution in [1.82, 2.24) is 9.55 Å². The summed E-state index contributed by atoms with van der Waals surface area (Å²) in [4.78, 5) is 4.03. The third-order valence-corrected chi connectivity index (χ3v) is 3.83. The van der Waals surface area contributed by atoms with Crippen LogP contribution in [0.4, 0.5) is 5.69 Å². The number of nitrogens with one attached hydrogen (secondary N) is 1. The normalized spacial score (nSPS) is 10.9. The van der Waals surface area contributed by atoms with E-state index >= 15 is 0 Å². The molecule has 3 aromatic rings. The van der Waals surface area contributed by atoms with Crippen molar-refractivity contribution >= 4 is 27.1 Å². The van der Waals surface area contributed by atoms with Crippen LogP contribution in [0.5, 0.6) is 0 Å². The van der Waals surface area contributed by atoms with Crippen molar-refractivity contribution in [2.24, 2.45) is 0 Å². The number of benzene rings is 1. The lowest BCUT2D eigenvalue weighted by atomic mass is 10.2. The maximum atomic E-state index is 4.03. The summed E-state index contributed by atoms with van der Waals surface area (Å²) in [7, 11) is 0. The molecule has 92 valence electrons. The van der Waals surface area contributed by atoms with Crippen LogP contribution in [0, 0.1) is 0 Å². The first kappa shape index (κ1) is 11.3. The third kappa shape index (κ3) is 2.54. The van der Waals surface area contributed by atoms with Gasteiger partial charge in [0.15, 0.2) is 0 Å². The highest BCUT2D eigenvalue weighted by molar-refractivity contribution is 7.17. The smallest absolute Gasteiger partial charge is 0.0945 e. The number of aryl methyl sites for hydroxylation is 1. The molecule has 0 aliphatic rings. The highest BCUT2D eigenvalue weighted by atomic mass is 32.1. The van der Waals surface area contributed by atoms with E-state index in [4.69, 9.17) is 0 Å². The first-order chi connectivity index (χ1) is 8.92. The summed E-state index contributed by atoms with van der Waals surface area (Å²) in [6.45, 7) is 1.99. The minimum Gasteiger partial charge on any atom is -0.385 e. The van der Waals surface area contributed by atoms with Gasteiger partial charge in [0.1, 0.15) is 0 Å². The molecule has 1 N–H and O–H groups in total. The standard InChI is InChI=1S/C14H15N3S/c1(7-17-8-6-15-11-17)5-16-13-2-3-14-12(10-13)4-9-18-14/h2-4,6,8-11,16H,1,5,7H2. The lowest BCUT2D eigenvalue weighted by Gasteiger charge is -2.07. The van der Waals surface area contributed by atoms with Gasteiger partial charge >= 0.3 is 0 Å². The molecule has 0 saturated heterocycles. The Balaban J connectivity index is 1.53. The van der Waals surface area contributed by atoms with E-state index in [1.165, 1.54) is 15.8 Å². The summed E-state index contributed by atoms with van der Waals surface area (Å²) in [5, 5.41) is 6.91. The van der Waals surface area contributed by atoms with Gasteiger partial charge in [0.2, 0.25) is 0 Å². The zero-order chi connectivity index (χ0) is 12.2. The van der Waals surface area contributed by atoms with Crippen molar-refractivity contribution in [3.8, 4) is 0 Å². The lowest BCUT2D eigenvalue weighted by molar-refractivity contribution is 0.661. The Morgan fingerprint density at radius 3 is 3.17 bits per heavy atom. The van der Waals surface area contributed by atoms with Gasteiger partial charge in [-0.15, -0.1) is 11.3 Å². The topological polar surface area (TPSA) is 29.9 Å². The van der Waals surface area contributed by atoms with Crippen LogP contribution in [-0.2, 0) is 6.54 Å². The van der Waals surface area contributed by atoms with Crippen molar-refractivity contribution in [3.63, 3.8) is 0 Å². The van der Waals surface area contributed by atoms with E-state index in [2.05, 4.69) is 44.5 Å². The fraction of sp³-hybridized carbons (Fsp3) is 0.214. The number of nitrogens with zero attached hydrogens (tertiary/aromatic N) is 2. The van der Waals surface area contributed by atoms with Crippen LogP contribution in [-0.4, -0.2) is 16.1 Å². The zero-order valence-corrected chi connectivity index (χ0v) is 10.9. The van der Waals surface area contributed by atoms with Gasteiger partial charge in [-0.3, -0.25) is 0 Å². The quantitative estimate of drug-likeness (QED) is 0.708. The molecule has 4 heteroatoms. The third-order valence-electron chi connectivity index (χ3n) is 2.93. The van der Waals surface area contributed by atoms with Crippen LogP contribution in [0.25, 0.3) is 10.1 Å². The summed E-state index contributed by atoms with van der Waals surface area (Å²) < 4.78 is 3.45. The first-order valence-corrected chi connectivity index (χ1v) is 6.97. The van der Waals surface area contributed by atoms with Gasteiger partial charge in [0.05, 0.1) is 6.33 Å². The van der Waals surface area contributed by atoms with E-state index in [0.717, 1.165) is 19.5 Å². The van der Waals surface area contributed by atoms with Gasteiger partial charge in [-0.1, -0.05) is 0 Å². The number of hydrogen-bond acceptors (Lipinski definition) is 3. The maximum absolute atomic E-state index is 4.03. The average molecular weight is 257 g/mol. The molecular formula is C14H15N3S. The molecule has 1 aromatic carbocycles. The zero-order valence-electron chi connectivity index (χ0n) is 10.0. The predicted octanol–water partition coefficient (Wildman–Crippen LogP) is 3.60. The molecule has 2 heterocycles. The Kier molecular flexibility index (Phi) is 3.28. The average Bonchev–Trinajstić information content (AvgIpc) is 3.05. The SMILES string of the molecule is c1cn(CCCNc2ccc3sccc3c2)cn1. The molecule has 18 heavy (non-hydrogen) atoms. The molecular weight excluding hydrogens is 242 g/mol. The first-order valence-electron chi connectivity index (χ1n) is 6.09. The monoisotopic (exact) mass is 257 g/mol. The van der Waals surface area contributed by atoms with E-state index in [0.29, 0.717) is 0 Å². The van der Waals surface area contributed by atoms with Crippen LogP contribution in [0.2, 0.25) is 0 Å². The Morgan fingerprint density at radius 1 is 1.28 bits per heavy atom. The maximum Gasteiger partial charge on any atom is 0.0945 e. The molecule has 0 fully saturated rings. The van der Waals surface area contributed by atoms with Crippen LogP contribution in [0.3, 0.4) is 0 Å². The van der Waals surface area contributed by atoms with E-state index in [1.54, 1.807) is 11.3 Å². The number of thiophene rings is 1. The van der Waals surface area contributed by atoms with Crippen molar-refractivity contribution in [3.05, 3.63) is 48.4 Å². The van der Waals surface area contributed by atoms with Crippen molar-refractivity contribution < 1.29 is 0 Å². The minimum absolute atomic E-state index is 0.980. The molecule has 0 spiro atoms. The number of anilines is 1. The van der Waals surface area contributed by atoms with E-state index in [-0.39, 0.29) is 0 Å². The number of imidazole rings is 1. The molecule has 0 radical (unpaired) electrons. The highest BCUT2D eigenvalue weighted by Crippen LogP contribution is 2.23. The second-order valence-corrected chi connectivity index (χ2v) is 5.20. The molecule has 0 bridgehead atoms. The Hall–Kier alpha value is -1.81. The number of aromatic nitrogens is 2. The van der Waals surface area contributed by atoms with Gasteiger partial charge in [-0.25, -0.2) is 4.98 Å². The number of hydrogen-bond donors (Lipinski definition) is 1. The van der Waals surface area contributed by atoms with Gasteiger partial charge < -0.3 is 9.88 Å². The van der Waals surface area contributed by atoms with Crippen molar-refractivity contribution in [2.75, 3.05) is 11.9 Å². The molecule has 0 saturated carbocycles. The minimum atomic E-state index is 0.980. The predicted molar refractivity (Wildman–Crippen MR) is 77.2 cm³/mol. The summed E-state index contributed by atoms with van der Waals surface area (Å²) in [6, 6.07) is 8.70. The molecule has 3 nitrogen and oxygen atoms in total. The van der Waals surface area contributed by atoms with Crippen LogP contribution in [0.1, 0.15) is 6.42 Å². The van der Waals surface area contributed by atoms with Crippen molar-refractivity contribution in [2.45, 2.75) is 13.0 Å². The summed E-state index contributed by atoms with van der Waals surface area (Å²) in [6.07, 6.45) is 6.77. The van der Waals surface area contributed by atoms with E-state index in [1.807, 2.05) is 18.7 Å². The van der Waals surface area contributed by atoms with Gasteiger partial charge in [0.25, 0.3) is 0 Å². The summed E-state index contributed by atoms with van der Waals surface area (Å²) in [5.74, 6) is 0. The van der Waals surface area contributed by atoms with Gasteiger partial charge in [-0.05, 0) is 41.5 Å². The molecule has 3 rings (SSSR count). The van der Waals surface area contributed by atoms with Crippen LogP contribution < -0.4 is 5.32 Å². The second kappa shape index (κ2) is 5.23. The molecule has 0 aliphatic heterocycles. The van der Waals surface area contributed by atoms with Crippen LogP contribution >= 0.6 is 11.3 Å². The molecule has 0 unspecified atom stereocenters. The molecule has 0 atom stereocenters. The largest absolute Gasteiger partial charge is 0.385 e. The van der Waals surface area contributed by atoms with Crippen LogP contribution in [0.15, 0.2) is 48.4 Å². The Labute approximate surface area is 110 Å². The fourth-order valence-corrected chi connectivity index (χ4v) is 2.76. The second-order valence-electron chi connectivity index (χ2n) is 4.25. The fourth-order valence-electron chi connectivity index (χ4n) is 1.99. The summed E-state index contributed by atoms with van der Waals surface area (Å²) in [5.41, 5.74) is 1.20. The van der Waals surface area contributed by atoms with E-state index < -0.39 is 0 Å². The van der Waals surface area contributed by atoms with Gasteiger partial charge in [0, 0.05) is 35.9 Å². The number of rotatable bonds is 5. The van der Waals surface area contributed by atoms with E-state index in [9.17, 15) is 0 Å². The molecule has 0 amide bonds. The Morgan fingerprint density at radius 2 is 2.28 bits per heavy atom.